The van der Waals surface area contributed by atoms with Crippen molar-refractivity contribution in [3.05, 3.63) is 69.7 Å². The molecular formula is C22H25Cl2NO2. The lowest BCUT2D eigenvalue weighted by Gasteiger charge is -2.38. The lowest BCUT2D eigenvalue weighted by Crippen LogP contribution is -2.40. The molecule has 0 amide bonds. The number of carbonyl (C=O) groups is 1. The van der Waals surface area contributed by atoms with Crippen molar-refractivity contribution in [2.45, 2.75) is 32.2 Å². The molecule has 2 atom stereocenters. The number of esters is 1. The van der Waals surface area contributed by atoms with Crippen LogP contribution in [0.5, 0.6) is 0 Å². The molecular weight excluding hydrogens is 381 g/mol. The van der Waals surface area contributed by atoms with Gasteiger partial charge >= 0.3 is 5.97 Å². The van der Waals surface area contributed by atoms with Crippen LogP contribution in [-0.2, 0) is 16.1 Å². The number of carbonyl (C=O) groups excluding carboxylic acids is 1. The van der Waals surface area contributed by atoms with E-state index in [4.69, 9.17) is 27.9 Å². The van der Waals surface area contributed by atoms with E-state index in [1.54, 1.807) is 0 Å². The first-order chi connectivity index (χ1) is 13.0. The molecule has 2 aromatic rings. The third-order valence-electron chi connectivity index (χ3n) is 5.03. The van der Waals surface area contributed by atoms with Crippen molar-refractivity contribution < 1.29 is 9.53 Å². The van der Waals surface area contributed by atoms with E-state index in [0.717, 1.165) is 36.1 Å². The minimum atomic E-state index is -0.106. The third-order valence-corrected chi connectivity index (χ3v) is 5.54. The molecule has 0 N–H and O–H groups in total. The van der Waals surface area contributed by atoms with Gasteiger partial charge in [0.25, 0.3) is 0 Å². The topological polar surface area (TPSA) is 29.5 Å². The molecule has 0 unspecified atom stereocenters. The molecule has 5 heteroatoms. The number of piperidine rings is 1. The van der Waals surface area contributed by atoms with Crippen molar-refractivity contribution >= 4 is 29.2 Å². The average Bonchev–Trinajstić information content (AvgIpc) is 2.64. The van der Waals surface area contributed by atoms with Crippen molar-refractivity contribution in [2.75, 3.05) is 19.7 Å². The molecule has 3 rings (SSSR count). The molecule has 1 fully saturated rings. The van der Waals surface area contributed by atoms with Gasteiger partial charge in [-0.25, -0.2) is 0 Å². The van der Waals surface area contributed by atoms with Crippen LogP contribution in [0.3, 0.4) is 0 Å². The lowest BCUT2D eigenvalue weighted by atomic mass is 9.83. The molecule has 2 aromatic carbocycles. The van der Waals surface area contributed by atoms with Gasteiger partial charge in [-0.3, -0.25) is 9.69 Å². The number of halogens is 2. The van der Waals surface area contributed by atoms with E-state index >= 15 is 0 Å². The largest absolute Gasteiger partial charge is 0.466 e. The van der Waals surface area contributed by atoms with Gasteiger partial charge in [-0.15, -0.1) is 0 Å². The minimum absolute atomic E-state index is 0.106. The summed E-state index contributed by atoms with van der Waals surface area (Å²) >= 11 is 12.1. The molecule has 144 valence electrons. The Morgan fingerprint density at radius 2 is 1.67 bits per heavy atom. The van der Waals surface area contributed by atoms with Gasteiger partial charge in [0.05, 0.1) is 6.61 Å². The Hall–Kier alpha value is -1.55. The zero-order valence-electron chi connectivity index (χ0n) is 15.5. The summed E-state index contributed by atoms with van der Waals surface area (Å²) in [7, 11) is 0. The van der Waals surface area contributed by atoms with Crippen LogP contribution in [-0.4, -0.2) is 30.6 Å². The second-order valence-corrected chi connectivity index (χ2v) is 8.05. The van der Waals surface area contributed by atoms with Crippen LogP contribution in [0.1, 0.15) is 36.8 Å². The Bertz CT molecular complexity index is 746. The molecule has 0 radical (unpaired) electrons. The number of nitrogens with zero attached hydrogens (tertiary/aromatic N) is 1. The molecule has 1 aliphatic heterocycles. The Balaban J connectivity index is 1.74. The van der Waals surface area contributed by atoms with Crippen LogP contribution in [0.4, 0.5) is 0 Å². The first-order valence-electron chi connectivity index (χ1n) is 9.41. The summed E-state index contributed by atoms with van der Waals surface area (Å²) in [5.74, 6) is 0.555. The first kappa shape index (κ1) is 20.2. The molecule has 1 heterocycles. The second-order valence-electron chi connectivity index (χ2n) is 7.18. The monoisotopic (exact) mass is 405 g/mol. The van der Waals surface area contributed by atoms with Crippen molar-refractivity contribution in [3.63, 3.8) is 0 Å². The number of likely N-dealkylation sites (tertiary alicyclic amines) is 1. The fourth-order valence-corrected chi connectivity index (χ4v) is 4.11. The predicted molar refractivity (Wildman–Crippen MR) is 110 cm³/mol. The Morgan fingerprint density at radius 3 is 2.30 bits per heavy atom. The van der Waals surface area contributed by atoms with E-state index in [0.29, 0.717) is 18.9 Å². The van der Waals surface area contributed by atoms with E-state index in [-0.39, 0.29) is 11.9 Å². The summed E-state index contributed by atoms with van der Waals surface area (Å²) in [5.41, 5.74) is 2.50. The van der Waals surface area contributed by atoms with Crippen molar-refractivity contribution in [1.82, 2.24) is 4.90 Å². The molecule has 0 bridgehead atoms. The highest BCUT2D eigenvalue weighted by Gasteiger charge is 2.30. The molecule has 0 aliphatic carbocycles. The lowest BCUT2D eigenvalue weighted by molar-refractivity contribution is -0.144. The first-order valence-corrected chi connectivity index (χ1v) is 10.2. The van der Waals surface area contributed by atoms with E-state index in [9.17, 15) is 4.79 Å². The number of ether oxygens (including phenoxy) is 1. The van der Waals surface area contributed by atoms with Gasteiger partial charge in [0.15, 0.2) is 0 Å². The zero-order chi connectivity index (χ0) is 19.2. The van der Waals surface area contributed by atoms with E-state index in [1.807, 2.05) is 31.2 Å². The molecule has 1 saturated heterocycles. The van der Waals surface area contributed by atoms with E-state index in [2.05, 4.69) is 29.2 Å². The quantitative estimate of drug-likeness (QED) is 0.589. The Labute approximate surface area is 171 Å². The molecule has 0 aromatic heterocycles. The molecule has 0 spiro atoms. The van der Waals surface area contributed by atoms with Gasteiger partial charge in [0, 0.05) is 36.1 Å². The highest BCUT2D eigenvalue weighted by Crippen LogP contribution is 2.33. The molecule has 1 aliphatic rings. The van der Waals surface area contributed by atoms with Gasteiger partial charge in [-0.05, 0) is 60.6 Å². The number of rotatable bonds is 6. The average molecular weight is 406 g/mol. The normalized spacial score (nSPS) is 20.4. The summed E-state index contributed by atoms with van der Waals surface area (Å²) in [5, 5.41) is 1.49. The molecule has 27 heavy (non-hydrogen) atoms. The van der Waals surface area contributed by atoms with Crippen LogP contribution in [0.15, 0.2) is 48.5 Å². The van der Waals surface area contributed by atoms with Crippen LogP contribution in [0, 0.1) is 5.92 Å². The van der Waals surface area contributed by atoms with Gasteiger partial charge in [0.1, 0.15) is 0 Å². The van der Waals surface area contributed by atoms with Gasteiger partial charge < -0.3 is 4.74 Å². The van der Waals surface area contributed by atoms with E-state index < -0.39 is 0 Å². The maximum atomic E-state index is 12.0. The summed E-state index contributed by atoms with van der Waals surface area (Å²) in [6.45, 7) is 4.98. The number of hydrogen-bond donors (Lipinski definition) is 0. The van der Waals surface area contributed by atoms with Crippen molar-refractivity contribution in [3.8, 4) is 0 Å². The van der Waals surface area contributed by atoms with Crippen LogP contribution in [0.2, 0.25) is 10.0 Å². The highest BCUT2D eigenvalue weighted by atomic mass is 35.5. The van der Waals surface area contributed by atoms with E-state index in [1.165, 1.54) is 11.1 Å². The SMILES string of the molecule is CCOC(=O)C[C@@H]1C[C@@H](c2ccc(Cl)cc2)CN(Cc2ccc(Cl)cc2)C1. The van der Waals surface area contributed by atoms with Gasteiger partial charge in [-0.1, -0.05) is 47.5 Å². The Kier molecular flexibility index (Phi) is 7.17. The fraction of sp³-hybridized carbons (Fsp3) is 0.409. The second kappa shape index (κ2) is 9.59. The smallest absolute Gasteiger partial charge is 0.306 e. The molecule has 3 nitrogen and oxygen atoms in total. The van der Waals surface area contributed by atoms with Crippen LogP contribution in [0.25, 0.3) is 0 Å². The fourth-order valence-electron chi connectivity index (χ4n) is 3.86. The number of benzene rings is 2. The summed E-state index contributed by atoms with van der Waals surface area (Å²) in [6.07, 6.45) is 1.45. The minimum Gasteiger partial charge on any atom is -0.466 e. The van der Waals surface area contributed by atoms with Crippen molar-refractivity contribution in [2.24, 2.45) is 5.92 Å². The van der Waals surface area contributed by atoms with Crippen LogP contribution >= 0.6 is 23.2 Å². The predicted octanol–water partition coefficient (Wildman–Crippen LogP) is 5.55. The zero-order valence-corrected chi connectivity index (χ0v) is 17.0. The maximum Gasteiger partial charge on any atom is 0.306 e. The third kappa shape index (κ3) is 5.97. The highest BCUT2D eigenvalue weighted by molar-refractivity contribution is 6.30. The number of hydrogen-bond acceptors (Lipinski definition) is 3. The van der Waals surface area contributed by atoms with Gasteiger partial charge in [0.2, 0.25) is 0 Å². The summed E-state index contributed by atoms with van der Waals surface area (Å²) in [6, 6.07) is 16.1. The summed E-state index contributed by atoms with van der Waals surface area (Å²) < 4.78 is 5.18. The Morgan fingerprint density at radius 1 is 1.04 bits per heavy atom. The summed E-state index contributed by atoms with van der Waals surface area (Å²) in [4.78, 5) is 14.5. The standard InChI is InChI=1S/C22H25Cl2NO2/c1-2-27-22(26)12-17-11-19(18-5-9-21(24)10-6-18)15-25(14-17)13-16-3-7-20(23)8-4-16/h3-10,17,19H,2,11-15H2,1H3/t17-,19+/m0/s1. The van der Waals surface area contributed by atoms with Crippen LogP contribution < -0.4 is 0 Å². The molecule has 0 saturated carbocycles. The van der Waals surface area contributed by atoms with Crippen molar-refractivity contribution in [1.29, 1.82) is 0 Å². The van der Waals surface area contributed by atoms with Gasteiger partial charge in [-0.2, -0.15) is 0 Å². The maximum absolute atomic E-state index is 12.0.